The van der Waals surface area contributed by atoms with Crippen molar-refractivity contribution in [2.24, 2.45) is 0 Å². The van der Waals surface area contributed by atoms with Crippen molar-refractivity contribution in [3.05, 3.63) is 35.9 Å². The van der Waals surface area contributed by atoms with E-state index in [4.69, 9.17) is 9.16 Å². The quantitative estimate of drug-likeness (QED) is 0.385. The van der Waals surface area contributed by atoms with Crippen LogP contribution in [-0.4, -0.2) is 30.6 Å². The highest BCUT2D eigenvalue weighted by Gasteiger charge is 2.49. The largest absolute Gasteiger partial charge is 0.304 e. The maximum absolute atomic E-state index is 7.79. The lowest BCUT2D eigenvalue weighted by atomic mass is 10.1. The number of hydrogen-bond donors (Lipinski definition) is 0. The van der Waals surface area contributed by atoms with Gasteiger partial charge in [0.15, 0.2) is 0 Å². The van der Waals surface area contributed by atoms with E-state index < -0.39 is 6.50 Å². The fourth-order valence-corrected chi connectivity index (χ4v) is 1.83. The highest BCUT2D eigenvalue weighted by molar-refractivity contribution is 5.16. The minimum Gasteiger partial charge on any atom is -0.304 e. The molecule has 1 aliphatic heterocycles. The van der Waals surface area contributed by atoms with Crippen molar-refractivity contribution in [2.75, 3.05) is 20.1 Å². The maximum atomic E-state index is 7.79. The van der Waals surface area contributed by atoms with Crippen molar-refractivity contribution in [3.8, 4) is 12.3 Å². The molecule has 1 heteroatoms. The number of hydrogen-bond acceptors (Lipinski definition) is 0. The van der Waals surface area contributed by atoms with Gasteiger partial charge < -0.3 is 4.48 Å². The van der Waals surface area contributed by atoms with Crippen LogP contribution >= 0.6 is 0 Å². The summed E-state index contributed by atoms with van der Waals surface area (Å²) >= 11 is 0. The molecule has 0 radical (unpaired) electrons. The minimum absolute atomic E-state index is 0.313. The van der Waals surface area contributed by atoms with Crippen molar-refractivity contribution in [2.45, 2.75) is 12.5 Å². The number of likely N-dealkylation sites (N-methyl/N-ethyl adjacent to an activating group) is 1. The second kappa shape index (κ2) is 3.48. The molecule has 72 valence electrons. The first-order chi connectivity index (χ1) is 7.49. The van der Waals surface area contributed by atoms with Gasteiger partial charge in [0.25, 0.3) is 0 Å². The predicted octanol–water partition coefficient (Wildman–Crippen LogP) is 1.69. The first-order valence-electron chi connectivity index (χ1n) is 5.86. The van der Waals surface area contributed by atoms with Crippen LogP contribution in [0.1, 0.15) is 8.30 Å². The topological polar surface area (TPSA) is 0 Å². The van der Waals surface area contributed by atoms with Crippen LogP contribution < -0.4 is 0 Å². The third-order valence-corrected chi connectivity index (χ3v) is 2.90. The molecule has 1 aromatic carbocycles. The Hall–Kier alpha value is -1.26. The predicted molar refractivity (Wildman–Crippen MR) is 58.7 cm³/mol. The van der Waals surface area contributed by atoms with Gasteiger partial charge in [-0.05, 0) is 11.5 Å². The zero-order valence-electron chi connectivity index (χ0n) is 10.4. The number of rotatable bonds is 3. The molecular weight excluding hydrogens is 170 g/mol. The summed E-state index contributed by atoms with van der Waals surface area (Å²) in [6.07, 6.45) is 6.15. The van der Waals surface area contributed by atoms with Gasteiger partial charge in [0.05, 0.1) is 7.05 Å². The molecule has 1 aliphatic rings. The second-order valence-electron chi connectivity index (χ2n) is 4.05. The van der Waals surface area contributed by atoms with Crippen molar-refractivity contribution in [1.29, 1.82) is 0 Å². The van der Waals surface area contributed by atoms with Crippen molar-refractivity contribution in [3.63, 3.8) is 0 Å². The lowest BCUT2D eigenvalue weighted by molar-refractivity contribution is -0.783. The van der Waals surface area contributed by atoms with E-state index in [9.17, 15) is 0 Å². The smallest absolute Gasteiger partial charge is 0.143 e. The molecule has 2 rings (SSSR count). The van der Waals surface area contributed by atoms with Gasteiger partial charge >= 0.3 is 0 Å². The van der Waals surface area contributed by atoms with Crippen LogP contribution in [0.25, 0.3) is 0 Å². The molecule has 1 heterocycles. The van der Waals surface area contributed by atoms with Crippen LogP contribution in [-0.2, 0) is 6.42 Å². The Labute approximate surface area is 88.8 Å². The molecule has 14 heavy (non-hydrogen) atoms. The van der Waals surface area contributed by atoms with E-state index in [1.54, 1.807) is 0 Å². The van der Waals surface area contributed by atoms with Crippen LogP contribution in [0, 0.1) is 12.3 Å². The Kier molecular flexibility index (Phi) is 1.76. The molecule has 0 saturated carbocycles. The van der Waals surface area contributed by atoms with E-state index in [1.165, 1.54) is 5.56 Å². The summed E-state index contributed by atoms with van der Waals surface area (Å²) in [7, 11) is 1.90. The second-order valence-corrected chi connectivity index (χ2v) is 4.05. The summed E-state index contributed by atoms with van der Waals surface area (Å²) < 4.78 is 15.9. The monoisotopic (exact) mass is 188 g/mol. The van der Waals surface area contributed by atoms with E-state index in [2.05, 4.69) is 18.1 Å². The molecule has 2 atom stereocenters. The van der Waals surface area contributed by atoms with Gasteiger partial charge in [-0.2, -0.15) is 0 Å². The molecule has 1 nitrogen and oxygen atoms in total. The number of quaternary nitrogens is 1. The van der Waals surface area contributed by atoms with Gasteiger partial charge in [-0.1, -0.05) is 30.3 Å². The lowest BCUT2D eigenvalue weighted by Gasteiger charge is -2.10. The molecule has 0 N–H and O–H groups in total. The van der Waals surface area contributed by atoms with Gasteiger partial charge in [0, 0.05) is 6.42 Å². The Morgan fingerprint density at radius 3 is 2.93 bits per heavy atom. The third kappa shape index (κ3) is 1.81. The molecule has 0 amide bonds. The zero-order valence-corrected chi connectivity index (χ0v) is 8.40. The summed E-state index contributed by atoms with van der Waals surface area (Å²) in [5.74, 6) is 2.27. The summed E-state index contributed by atoms with van der Waals surface area (Å²) in [4.78, 5) is 0. The summed E-state index contributed by atoms with van der Waals surface area (Å²) in [5.41, 5.74) is 1.25. The molecule has 0 aromatic heterocycles. The van der Waals surface area contributed by atoms with E-state index in [-0.39, 0.29) is 0 Å². The van der Waals surface area contributed by atoms with E-state index in [0.29, 0.717) is 10.5 Å². The van der Waals surface area contributed by atoms with Gasteiger partial charge in [-0.15, -0.1) is 6.42 Å². The normalized spacial score (nSPS) is 32.7. The summed E-state index contributed by atoms with van der Waals surface area (Å²) in [6, 6.07) is 10.5. The number of nitrogens with zero attached hydrogens (tertiary/aromatic N) is 1. The van der Waals surface area contributed by atoms with E-state index >= 15 is 0 Å². The summed E-state index contributed by atoms with van der Waals surface area (Å²) in [5, 5.41) is 0. The average Bonchev–Trinajstić information content (AvgIpc) is 2.93. The standard InChI is InChI=1S/C13H16N/c1-3-9-14(2)11-13(14)10-12-7-5-4-6-8-12/h1,4-8,13H,9-11H2,2H3/q+1/t13-,14?/m0/s1/i9D2. The molecule has 0 aliphatic carbocycles. The Balaban J connectivity index is 2.05. The lowest BCUT2D eigenvalue weighted by Crippen LogP contribution is -2.24. The third-order valence-electron chi connectivity index (χ3n) is 2.90. The van der Waals surface area contributed by atoms with Crippen LogP contribution in [0.3, 0.4) is 0 Å². The number of benzene rings is 1. The minimum atomic E-state index is -1.54. The number of terminal acetylenes is 1. The van der Waals surface area contributed by atoms with E-state index in [0.717, 1.165) is 13.0 Å². The van der Waals surface area contributed by atoms with Crippen molar-refractivity contribution in [1.82, 2.24) is 0 Å². The molecule has 1 unspecified atom stereocenters. The van der Waals surface area contributed by atoms with Crippen LogP contribution in [0.5, 0.6) is 0 Å². The fraction of sp³-hybridized carbons (Fsp3) is 0.385. The molecule has 0 spiro atoms. The van der Waals surface area contributed by atoms with Crippen molar-refractivity contribution >= 4 is 0 Å². The van der Waals surface area contributed by atoms with E-state index in [1.807, 2.05) is 25.2 Å². The van der Waals surface area contributed by atoms with Crippen molar-refractivity contribution < 1.29 is 7.22 Å². The van der Waals surface area contributed by atoms with Crippen LogP contribution in [0.2, 0.25) is 0 Å². The Morgan fingerprint density at radius 2 is 2.29 bits per heavy atom. The van der Waals surface area contributed by atoms with Gasteiger partial charge in [-0.3, -0.25) is 0 Å². The first kappa shape index (κ1) is 7.09. The van der Waals surface area contributed by atoms with Gasteiger partial charge in [0.1, 0.15) is 21.8 Å². The molecular formula is C13H16N+. The molecule has 1 saturated heterocycles. The maximum Gasteiger partial charge on any atom is 0.143 e. The van der Waals surface area contributed by atoms with Gasteiger partial charge in [-0.25, -0.2) is 0 Å². The highest BCUT2D eigenvalue weighted by atomic mass is 15.5. The Morgan fingerprint density at radius 1 is 1.57 bits per heavy atom. The first-order valence-corrected chi connectivity index (χ1v) is 4.86. The summed E-state index contributed by atoms with van der Waals surface area (Å²) in [6.45, 7) is -0.717. The highest BCUT2D eigenvalue weighted by Crippen LogP contribution is 2.30. The van der Waals surface area contributed by atoms with Gasteiger partial charge in [0.2, 0.25) is 0 Å². The molecule has 1 fully saturated rings. The average molecular weight is 188 g/mol. The zero-order chi connectivity index (χ0) is 11.8. The molecule has 0 bridgehead atoms. The van der Waals surface area contributed by atoms with Crippen LogP contribution in [0.15, 0.2) is 30.3 Å². The SMILES string of the molecule is [2H]C([2H])(C#C)[N+]1(C)C[C@@H]1Cc1ccccc1. The fourth-order valence-electron chi connectivity index (χ4n) is 1.83. The Bertz CT molecular complexity index is 421. The van der Waals surface area contributed by atoms with Crippen LogP contribution in [0.4, 0.5) is 0 Å². The molecule has 1 aromatic rings.